The first kappa shape index (κ1) is 18.2. The van der Waals surface area contributed by atoms with E-state index < -0.39 is 0 Å². The van der Waals surface area contributed by atoms with Gasteiger partial charge in [-0.05, 0) is 25.5 Å². The average Bonchev–Trinajstić information content (AvgIpc) is 2.97. The van der Waals surface area contributed by atoms with E-state index in [4.69, 9.17) is 4.74 Å². The van der Waals surface area contributed by atoms with Crippen LogP contribution in [0.3, 0.4) is 0 Å². The molecule has 1 aromatic heterocycles. The zero-order valence-electron chi connectivity index (χ0n) is 16.1. The van der Waals surface area contributed by atoms with Crippen LogP contribution in [0.25, 0.3) is 6.08 Å². The molecule has 6 nitrogen and oxygen atoms in total. The van der Waals surface area contributed by atoms with Crippen molar-refractivity contribution in [1.82, 2.24) is 25.0 Å². The van der Waals surface area contributed by atoms with Crippen LogP contribution < -0.4 is 10.1 Å². The molecule has 2 aliphatic rings. The topological polar surface area (TPSA) is 55.2 Å². The van der Waals surface area contributed by atoms with E-state index in [0.29, 0.717) is 5.92 Å². The minimum absolute atomic E-state index is 0.484. The lowest BCUT2D eigenvalue weighted by atomic mass is 9.97. The quantitative estimate of drug-likeness (QED) is 0.879. The standard InChI is InChI=1S/C21H29N5O/c1-27-19-9-3-2-6-17(19)7-4-13-25-14-5-8-18(16-25)21-24-23-20-10-11-22-12-15-26(20)21/h2-4,6-7,9,18,22H,5,8,10-16H2,1H3. The van der Waals surface area contributed by atoms with Crippen LogP contribution in [-0.2, 0) is 13.0 Å². The maximum Gasteiger partial charge on any atom is 0.137 e. The summed E-state index contributed by atoms with van der Waals surface area (Å²) in [6, 6.07) is 8.14. The lowest BCUT2D eigenvalue weighted by Crippen LogP contribution is -2.35. The average molecular weight is 367 g/mol. The van der Waals surface area contributed by atoms with Gasteiger partial charge in [-0.2, -0.15) is 0 Å². The van der Waals surface area contributed by atoms with Gasteiger partial charge in [-0.15, -0.1) is 10.2 Å². The van der Waals surface area contributed by atoms with Gasteiger partial charge in [0.15, 0.2) is 0 Å². The summed E-state index contributed by atoms with van der Waals surface area (Å²) in [6.45, 7) is 6.16. The van der Waals surface area contributed by atoms with E-state index in [2.05, 4.69) is 43.2 Å². The van der Waals surface area contributed by atoms with Gasteiger partial charge in [-0.1, -0.05) is 30.4 Å². The molecule has 1 atom stereocenters. The molecule has 4 rings (SSSR count). The Morgan fingerprint density at radius 3 is 3.07 bits per heavy atom. The molecule has 1 fully saturated rings. The highest BCUT2D eigenvalue weighted by Crippen LogP contribution is 2.27. The first-order valence-corrected chi connectivity index (χ1v) is 10.00. The Kier molecular flexibility index (Phi) is 5.84. The van der Waals surface area contributed by atoms with Gasteiger partial charge >= 0.3 is 0 Å². The summed E-state index contributed by atoms with van der Waals surface area (Å²) >= 11 is 0. The molecule has 1 N–H and O–H groups in total. The maximum atomic E-state index is 5.43. The zero-order chi connectivity index (χ0) is 18.5. The summed E-state index contributed by atoms with van der Waals surface area (Å²) < 4.78 is 7.79. The number of hydrogen-bond donors (Lipinski definition) is 1. The SMILES string of the molecule is COc1ccccc1C=CCN1CCCC(c2nnc3n2CCNCC3)C1. The largest absolute Gasteiger partial charge is 0.496 e. The van der Waals surface area contributed by atoms with Crippen LogP contribution in [0.4, 0.5) is 0 Å². The Labute approximate surface area is 161 Å². The third-order valence-corrected chi connectivity index (χ3v) is 5.56. The highest BCUT2D eigenvalue weighted by atomic mass is 16.5. The van der Waals surface area contributed by atoms with Crippen LogP contribution in [0, 0.1) is 0 Å². The second-order valence-electron chi connectivity index (χ2n) is 7.37. The lowest BCUT2D eigenvalue weighted by molar-refractivity contribution is 0.221. The van der Waals surface area contributed by atoms with Crippen LogP contribution in [0.2, 0.25) is 0 Å². The molecule has 2 aromatic rings. The van der Waals surface area contributed by atoms with Gasteiger partial charge in [0, 0.05) is 50.6 Å². The second kappa shape index (κ2) is 8.67. The Bertz CT molecular complexity index is 785. The van der Waals surface area contributed by atoms with E-state index in [0.717, 1.165) is 62.8 Å². The minimum atomic E-state index is 0.484. The number of nitrogens with zero attached hydrogens (tertiary/aromatic N) is 4. The fraction of sp³-hybridized carbons (Fsp3) is 0.524. The number of nitrogens with one attached hydrogen (secondary N) is 1. The highest BCUT2D eigenvalue weighted by Gasteiger charge is 2.26. The van der Waals surface area contributed by atoms with Crippen LogP contribution in [0.5, 0.6) is 5.75 Å². The Morgan fingerprint density at radius 1 is 1.22 bits per heavy atom. The summed E-state index contributed by atoms with van der Waals surface area (Å²) in [4.78, 5) is 2.52. The molecule has 0 spiro atoms. The summed E-state index contributed by atoms with van der Waals surface area (Å²) in [7, 11) is 1.72. The third kappa shape index (κ3) is 4.22. The molecule has 0 amide bonds. The molecule has 1 unspecified atom stereocenters. The van der Waals surface area contributed by atoms with E-state index >= 15 is 0 Å². The van der Waals surface area contributed by atoms with Gasteiger partial charge in [-0.25, -0.2) is 0 Å². The summed E-state index contributed by atoms with van der Waals surface area (Å²) in [5.41, 5.74) is 1.13. The van der Waals surface area contributed by atoms with Crippen molar-refractivity contribution >= 4 is 6.08 Å². The number of methoxy groups -OCH3 is 1. The summed E-state index contributed by atoms with van der Waals surface area (Å²) in [5.74, 6) is 3.73. The van der Waals surface area contributed by atoms with E-state index in [-0.39, 0.29) is 0 Å². The normalized spacial score (nSPS) is 21.1. The highest BCUT2D eigenvalue weighted by molar-refractivity contribution is 5.57. The van der Waals surface area contributed by atoms with Gasteiger partial charge in [0.1, 0.15) is 17.4 Å². The molecule has 0 bridgehead atoms. The van der Waals surface area contributed by atoms with E-state index in [1.54, 1.807) is 7.11 Å². The Morgan fingerprint density at radius 2 is 2.15 bits per heavy atom. The number of ether oxygens (including phenoxy) is 1. The predicted octanol–water partition coefficient (Wildman–Crippen LogP) is 2.33. The van der Waals surface area contributed by atoms with Crippen molar-refractivity contribution in [2.24, 2.45) is 0 Å². The molecular formula is C21H29N5O. The molecule has 1 aromatic carbocycles. The lowest BCUT2D eigenvalue weighted by Gasteiger charge is -2.31. The molecule has 27 heavy (non-hydrogen) atoms. The summed E-state index contributed by atoms with van der Waals surface area (Å²) in [5, 5.41) is 12.5. The number of para-hydroxylation sites is 1. The van der Waals surface area contributed by atoms with Crippen molar-refractivity contribution in [3.63, 3.8) is 0 Å². The van der Waals surface area contributed by atoms with Crippen molar-refractivity contribution in [1.29, 1.82) is 0 Å². The molecule has 2 aliphatic heterocycles. The Balaban J connectivity index is 1.40. The smallest absolute Gasteiger partial charge is 0.137 e. The first-order valence-electron chi connectivity index (χ1n) is 10.00. The van der Waals surface area contributed by atoms with E-state index in [1.807, 2.05) is 18.2 Å². The van der Waals surface area contributed by atoms with Gasteiger partial charge < -0.3 is 14.6 Å². The molecule has 3 heterocycles. The van der Waals surface area contributed by atoms with Crippen molar-refractivity contribution in [2.75, 3.05) is 39.8 Å². The minimum Gasteiger partial charge on any atom is -0.496 e. The molecule has 1 saturated heterocycles. The number of likely N-dealkylation sites (tertiary alicyclic amines) is 1. The van der Waals surface area contributed by atoms with Crippen LogP contribution in [0.1, 0.15) is 36.0 Å². The summed E-state index contributed by atoms with van der Waals surface area (Å²) in [6.07, 6.45) is 7.81. The molecule has 0 aliphatic carbocycles. The van der Waals surface area contributed by atoms with E-state index in [9.17, 15) is 0 Å². The Hall–Kier alpha value is -2.18. The third-order valence-electron chi connectivity index (χ3n) is 5.56. The maximum absolute atomic E-state index is 5.43. The van der Waals surface area contributed by atoms with Crippen LogP contribution in [-0.4, -0.2) is 59.5 Å². The number of benzene rings is 1. The number of piperidine rings is 1. The number of fused-ring (bicyclic) bond motifs is 1. The van der Waals surface area contributed by atoms with Crippen molar-refractivity contribution in [3.05, 3.63) is 47.6 Å². The molecule has 0 saturated carbocycles. The van der Waals surface area contributed by atoms with Gasteiger partial charge in [0.2, 0.25) is 0 Å². The molecule has 6 heteroatoms. The molecular weight excluding hydrogens is 338 g/mol. The zero-order valence-corrected chi connectivity index (χ0v) is 16.1. The van der Waals surface area contributed by atoms with Gasteiger partial charge in [0.25, 0.3) is 0 Å². The predicted molar refractivity (Wildman–Crippen MR) is 107 cm³/mol. The number of hydrogen-bond acceptors (Lipinski definition) is 5. The number of aromatic nitrogens is 3. The number of rotatable bonds is 5. The van der Waals surface area contributed by atoms with E-state index in [1.165, 1.54) is 18.7 Å². The van der Waals surface area contributed by atoms with Gasteiger partial charge in [-0.3, -0.25) is 4.90 Å². The van der Waals surface area contributed by atoms with Crippen LogP contribution >= 0.6 is 0 Å². The van der Waals surface area contributed by atoms with Gasteiger partial charge in [0.05, 0.1) is 7.11 Å². The molecule has 144 valence electrons. The second-order valence-corrected chi connectivity index (χ2v) is 7.37. The van der Waals surface area contributed by atoms with Crippen molar-refractivity contribution < 1.29 is 4.74 Å². The van der Waals surface area contributed by atoms with Crippen molar-refractivity contribution in [2.45, 2.75) is 31.7 Å². The fourth-order valence-electron chi connectivity index (χ4n) is 4.16. The fourth-order valence-corrected chi connectivity index (χ4v) is 4.16. The monoisotopic (exact) mass is 367 g/mol. The first-order chi connectivity index (χ1) is 13.3. The van der Waals surface area contributed by atoms with Crippen molar-refractivity contribution in [3.8, 4) is 5.75 Å². The molecule has 0 radical (unpaired) electrons. The van der Waals surface area contributed by atoms with Crippen LogP contribution in [0.15, 0.2) is 30.3 Å².